The van der Waals surface area contributed by atoms with Gasteiger partial charge < -0.3 is 5.11 Å². The maximum Gasteiger partial charge on any atom is 0.314 e. The number of carboxylic acids is 1. The van der Waals surface area contributed by atoms with E-state index in [1.54, 1.807) is 12.1 Å². The van der Waals surface area contributed by atoms with E-state index in [4.69, 9.17) is 5.11 Å². The van der Waals surface area contributed by atoms with Crippen molar-refractivity contribution in [2.75, 3.05) is 6.26 Å². The Balaban J connectivity index is 2.49. The van der Waals surface area contributed by atoms with Crippen molar-refractivity contribution in [3.05, 3.63) is 28.2 Å². The van der Waals surface area contributed by atoms with Gasteiger partial charge in [-0.3, -0.25) is 4.79 Å². The molecule has 4 nitrogen and oxygen atoms in total. The summed E-state index contributed by atoms with van der Waals surface area (Å²) in [6, 6.07) is 4.64. The molecular formula is C11H11BrO4S. The molecule has 0 aromatic heterocycles. The summed E-state index contributed by atoms with van der Waals surface area (Å²) in [5, 5.41) is 9.14. The Kier molecular flexibility index (Phi) is 2.82. The Hall–Kier alpha value is -0.880. The van der Waals surface area contributed by atoms with Crippen LogP contribution in [0.5, 0.6) is 0 Å². The van der Waals surface area contributed by atoms with E-state index in [1.165, 1.54) is 6.07 Å². The molecule has 0 radical (unpaired) electrons. The van der Waals surface area contributed by atoms with Gasteiger partial charge in [-0.25, -0.2) is 8.42 Å². The quantitative estimate of drug-likeness (QED) is 0.924. The fraction of sp³-hybridized carbons (Fsp3) is 0.364. The largest absolute Gasteiger partial charge is 0.481 e. The standard InChI is InChI=1S/C11H11BrO4S/c1-17(15,16)9-3-2-7(6-8(9)12)11(4-5-11)10(13)14/h2-3,6H,4-5H2,1H3,(H,13,14). The van der Waals surface area contributed by atoms with Crippen molar-refractivity contribution in [1.82, 2.24) is 0 Å². The molecule has 6 heteroatoms. The Morgan fingerprint density at radius 1 is 1.41 bits per heavy atom. The van der Waals surface area contributed by atoms with Crippen LogP contribution in [0.2, 0.25) is 0 Å². The molecule has 1 aliphatic carbocycles. The van der Waals surface area contributed by atoms with Gasteiger partial charge in [0.2, 0.25) is 0 Å². The van der Waals surface area contributed by atoms with E-state index in [2.05, 4.69) is 15.9 Å². The molecule has 0 heterocycles. The summed E-state index contributed by atoms with van der Waals surface area (Å²) in [5.41, 5.74) is -0.150. The fourth-order valence-electron chi connectivity index (χ4n) is 1.85. The summed E-state index contributed by atoms with van der Waals surface area (Å²) in [5.74, 6) is -0.850. The van der Waals surface area contributed by atoms with Gasteiger partial charge in [0.1, 0.15) is 0 Å². The third-order valence-corrected chi connectivity index (χ3v) is 5.12. The van der Waals surface area contributed by atoms with Gasteiger partial charge >= 0.3 is 5.97 Å². The molecule has 0 bridgehead atoms. The minimum Gasteiger partial charge on any atom is -0.481 e. The predicted molar refractivity (Wildman–Crippen MR) is 65.8 cm³/mol. The molecule has 0 saturated heterocycles. The molecular weight excluding hydrogens is 308 g/mol. The number of rotatable bonds is 3. The average Bonchev–Trinajstić information content (AvgIpc) is 2.95. The molecule has 1 aromatic rings. The Labute approximate surface area is 108 Å². The zero-order chi connectivity index (χ0) is 12.8. The lowest BCUT2D eigenvalue weighted by molar-refractivity contribution is -0.140. The molecule has 0 atom stereocenters. The highest BCUT2D eigenvalue weighted by Crippen LogP contribution is 2.49. The number of sulfone groups is 1. The maximum absolute atomic E-state index is 11.4. The molecule has 0 amide bonds. The molecule has 17 heavy (non-hydrogen) atoms. The van der Waals surface area contributed by atoms with Crippen molar-refractivity contribution < 1.29 is 18.3 Å². The van der Waals surface area contributed by atoms with Crippen LogP contribution < -0.4 is 0 Å². The molecule has 2 rings (SSSR count). The molecule has 1 aliphatic rings. The summed E-state index contributed by atoms with van der Waals surface area (Å²) < 4.78 is 23.3. The molecule has 0 unspecified atom stereocenters. The molecule has 0 spiro atoms. The van der Waals surface area contributed by atoms with Gasteiger partial charge in [-0.15, -0.1) is 0 Å². The number of carboxylic acid groups (broad SMARTS) is 1. The lowest BCUT2D eigenvalue weighted by Gasteiger charge is -2.12. The average molecular weight is 319 g/mol. The molecule has 1 saturated carbocycles. The monoisotopic (exact) mass is 318 g/mol. The number of aliphatic carboxylic acids is 1. The highest BCUT2D eigenvalue weighted by molar-refractivity contribution is 9.10. The minimum absolute atomic E-state index is 0.183. The van der Waals surface area contributed by atoms with Crippen molar-refractivity contribution in [2.45, 2.75) is 23.2 Å². The van der Waals surface area contributed by atoms with Crippen LogP contribution >= 0.6 is 15.9 Å². The van der Waals surface area contributed by atoms with Crippen LogP contribution in [0.4, 0.5) is 0 Å². The van der Waals surface area contributed by atoms with E-state index in [9.17, 15) is 13.2 Å². The van der Waals surface area contributed by atoms with E-state index in [1.807, 2.05) is 0 Å². The van der Waals surface area contributed by atoms with E-state index >= 15 is 0 Å². The highest BCUT2D eigenvalue weighted by Gasteiger charge is 2.51. The van der Waals surface area contributed by atoms with Gasteiger partial charge in [0.05, 0.1) is 10.3 Å². The van der Waals surface area contributed by atoms with Gasteiger partial charge in [0.15, 0.2) is 9.84 Å². The van der Waals surface area contributed by atoms with Gasteiger partial charge in [-0.1, -0.05) is 6.07 Å². The first-order valence-corrected chi connectivity index (χ1v) is 7.69. The van der Waals surface area contributed by atoms with Crippen molar-refractivity contribution in [3.8, 4) is 0 Å². The highest BCUT2D eigenvalue weighted by atomic mass is 79.9. The van der Waals surface area contributed by atoms with E-state index in [-0.39, 0.29) is 4.90 Å². The lowest BCUT2D eigenvalue weighted by atomic mass is 9.96. The van der Waals surface area contributed by atoms with Gasteiger partial charge in [-0.2, -0.15) is 0 Å². The van der Waals surface area contributed by atoms with Gasteiger partial charge in [0, 0.05) is 10.7 Å². The molecule has 1 fully saturated rings. The molecule has 1 N–H and O–H groups in total. The van der Waals surface area contributed by atoms with Crippen LogP contribution in [0, 0.1) is 0 Å². The van der Waals surface area contributed by atoms with Gasteiger partial charge in [0.25, 0.3) is 0 Å². The number of halogens is 1. The third kappa shape index (κ3) is 2.11. The van der Waals surface area contributed by atoms with Crippen molar-refractivity contribution in [2.24, 2.45) is 0 Å². The summed E-state index contributed by atoms with van der Waals surface area (Å²) in [6.07, 6.45) is 2.33. The minimum atomic E-state index is -3.29. The first-order valence-electron chi connectivity index (χ1n) is 5.01. The first kappa shape index (κ1) is 12.6. The van der Waals surface area contributed by atoms with Crippen molar-refractivity contribution in [3.63, 3.8) is 0 Å². The van der Waals surface area contributed by atoms with Crippen LogP contribution in [0.3, 0.4) is 0 Å². The SMILES string of the molecule is CS(=O)(=O)c1ccc(C2(C(=O)O)CC2)cc1Br. The normalized spacial score (nSPS) is 17.8. The predicted octanol–water partition coefficient (Wildman–Crippen LogP) is 1.97. The van der Waals surface area contributed by atoms with Gasteiger partial charge in [-0.05, 0) is 46.5 Å². The second kappa shape index (κ2) is 3.81. The number of hydrogen-bond donors (Lipinski definition) is 1. The van der Waals surface area contributed by atoms with Crippen molar-refractivity contribution >= 4 is 31.7 Å². The molecule has 92 valence electrons. The smallest absolute Gasteiger partial charge is 0.314 e. The number of benzene rings is 1. The van der Waals surface area contributed by atoms with E-state index < -0.39 is 21.2 Å². The molecule has 1 aromatic carbocycles. The second-order valence-corrected chi connectivity index (χ2v) is 7.14. The Bertz CT molecular complexity index is 587. The number of carbonyl (C=O) groups is 1. The summed E-state index contributed by atoms with van der Waals surface area (Å²) in [4.78, 5) is 11.3. The van der Waals surface area contributed by atoms with Crippen LogP contribution in [0.15, 0.2) is 27.6 Å². The lowest BCUT2D eigenvalue weighted by Crippen LogP contribution is -2.19. The second-order valence-electron chi connectivity index (χ2n) is 4.30. The van der Waals surface area contributed by atoms with E-state index in [0.29, 0.717) is 22.9 Å². The zero-order valence-electron chi connectivity index (χ0n) is 9.10. The van der Waals surface area contributed by atoms with Crippen LogP contribution in [-0.2, 0) is 20.0 Å². The van der Waals surface area contributed by atoms with Crippen LogP contribution in [0.25, 0.3) is 0 Å². The summed E-state index contributed by atoms with van der Waals surface area (Å²) >= 11 is 3.18. The first-order chi connectivity index (χ1) is 7.77. The number of hydrogen-bond acceptors (Lipinski definition) is 3. The summed E-state index contributed by atoms with van der Waals surface area (Å²) in [7, 11) is -3.29. The molecule has 0 aliphatic heterocycles. The fourth-order valence-corrected chi connectivity index (χ4v) is 3.84. The van der Waals surface area contributed by atoms with Crippen molar-refractivity contribution in [1.29, 1.82) is 0 Å². The zero-order valence-corrected chi connectivity index (χ0v) is 11.5. The van der Waals surface area contributed by atoms with Crippen LogP contribution in [-0.4, -0.2) is 25.7 Å². The Morgan fingerprint density at radius 3 is 2.35 bits per heavy atom. The third-order valence-electron chi connectivity index (χ3n) is 3.04. The Morgan fingerprint density at radius 2 is 2.00 bits per heavy atom. The van der Waals surface area contributed by atoms with E-state index in [0.717, 1.165) is 6.26 Å². The topological polar surface area (TPSA) is 71.4 Å². The maximum atomic E-state index is 11.4. The summed E-state index contributed by atoms with van der Waals surface area (Å²) in [6.45, 7) is 0. The van der Waals surface area contributed by atoms with Crippen LogP contribution in [0.1, 0.15) is 18.4 Å².